The van der Waals surface area contributed by atoms with Crippen molar-refractivity contribution in [3.63, 3.8) is 0 Å². The van der Waals surface area contributed by atoms with E-state index in [2.05, 4.69) is 19.1 Å². The maximum absolute atomic E-state index is 12.5. The number of methoxy groups -OCH3 is 1. The van der Waals surface area contributed by atoms with Crippen LogP contribution in [0.2, 0.25) is 0 Å². The fourth-order valence-electron chi connectivity index (χ4n) is 5.51. The van der Waals surface area contributed by atoms with E-state index < -0.39 is 5.60 Å². The van der Waals surface area contributed by atoms with Gasteiger partial charge in [0.15, 0.2) is 0 Å². The quantitative estimate of drug-likeness (QED) is 0.898. The maximum Gasteiger partial charge on any atom is 0.225 e. The number of hydrogen-bond acceptors (Lipinski definition) is 3. The smallest absolute Gasteiger partial charge is 0.225 e. The van der Waals surface area contributed by atoms with Gasteiger partial charge in [-0.1, -0.05) is 12.1 Å². The van der Waals surface area contributed by atoms with E-state index in [1.165, 1.54) is 36.8 Å². The van der Waals surface area contributed by atoms with Crippen LogP contribution in [0.25, 0.3) is 0 Å². The highest BCUT2D eigenvalue weighted by Crippen LogP contribution is 2.50. The molecule has 142 valence electrons. The molecule has 0 unspecified atom stereocenters. The Labute approximate surface area is 156 Å². The molecule has 0 radical (unpaired) electrons. The summed E-state index contributed by atoms with van der Waals surface area (Å²) in [6, 6.07) is 6.39. The summed E-state index contributed by atoms with van der Waals surface area (Å²) < 4.78 is 5.48. The molecule has 1 amide bonds. The molecule has 0 aromatic heterocycles. The third-order valence-corrected chi connectivity index (χ3v) is 7.12. The lowest BCUT2D eigenvalue weighted by Gasteiger charge is -2.55. The molecule has 1 aromatic rings. The fourth-order valence-corrected chi connectivity index (χ4v) is 5.51. The number of rotatable bonds is 3. The third kappa shape index (κ3) is 3.02. The number of likely N-dealkylation sites (tertiary alicyclic amines) is 1. The van der Waals surface area contributed by atoms with Crippen LogP contribution in [0.15, 0.2) is 18.2 Å². The number of nitrogens with zero attached hydrogens (tertiary/aromatic N) is 1. The summed E-state index contributed by atoms with van der Waals surface area (Å²) in [4.78, 5) is 14.6. The largest absolute Gasteiger partial charge is 0.496 e. The van der Waals surface area contributed by atoms with Crippen molar-refractivity contribution in [2.75, 3.05) is 20.2 Å². The first-order valence-electron chi connectivity index (χ1n) is 9.97. The second-order valence-corrected chi connectivity index (χ2v) is 9.25. The molecule has 1 N–H and O–H groups in total. The SMILES string of the molecule is COc1cccc(C2CCC3(CC2)CN(C(=O)[C@H]2C[C@@](C)(O)C2)C3)c1C. The topological polar surface area (TPSA) is 49.8 Å². The van der Waals surface area contributed by atoms with Crippen molar-refractivity contribution in [3.05, 3.63) is 29.3 Å². The molecule has 3 aliphatic rings. The molecule has 3 fully saturated rings. The molecule has 1 aromatic carbocycles. The Balaban J connectivity index is 1.32. The van der Waals surface area contributed by atoms with Crippen molar-refractivity contribution >= 4 is 5.91 Å². The van der Waals surface area contributed by atoms with Gasteiger partial charge in [-0.05, 0) is 75.5 Å². The highest BCUT2D eigenvalue weighted by molar-refractivity contribution is 5.81. The van der Waals surface area contributed by atoms with Gasteiger partial charge in [-0.3, -0.25) is 4.79 Å². The Morgan fingerprint density at radius 2 is 1.88 bits per heavy atom. The van der Waals surface area contributed by atoms with Gasteiger partial charge in [-0.15, -0.1) is 0 Å². The van der Waals surface area contributed by atoms with Crippen molar-refractivity contribution in [1.82, 2.24) is 4.90 Å². The zero-order valence-electron chi connectivity index (χ0n) is 16.3. The van der Waals surface area contributed by atoms with Crippen LogP contribution in [0.1, 0.15) is 62.5 Å². The zero-order chi connectivity index (χ0) is 18.5. The molecule has 1 spiro atoms. The van der Waals surface area contributed by atoms with E-state index in [0.717, 1.165) is 18.8 Å². The van der Waals surface area contributed by atoms with Gasteiger partial charge >= 0.3 is 0 Å². The molecule has 0 bridgehead atoms. The second kappa shape index (κ2) is 6.26. The Kier molecular flexibility index (Phi) is 4.30. The molecule has 4 nitrogen and oxygen atoms in total. The Bertz CT molecular complexity index is 687. The first-order valence-corrected chi connectivity index (χ1v) is 9.97. The summed E-state index contributed by atoms with van der Waals surface area (Å²) in [5, 5.41) is 9.86. The summed E-state index contributed by atoms with van der Waals surface area (Å²) in [7, 11) is 1.74. The summed E-state index contributed by atoms with van der Waals surface area (Å²) >= 11 is 0. The highest BCUT2D eigenvalue weighted by atomic mass is 16.5. The minimum absolute atomic E-state index is 0.0538. The van der Waals surface area contributed by atoms with E-state index in [1.54, 1.807) is 7.11 Å². The van der Waals surface area contributed by atoms with Crippen molar-refractivity contribution < 1.29 is 14.6 Å². The van der Waals surface area contributed by atoms with E-state index >= 15 is 0 Å². The van der Waals surface area contributed by atoms with E-state index in [9.17, 15) is 9.90 Å². The van der Waals surface area contributed by atoms with Crippen molar-refractivity contribution in [2.24, 2.45) is 11.3 Å². The lowest BCUT2D eigenvalue weighted by molar-refractivity contribution is -0.163. The average Bonchev–Trinajstić information content (AvgIpc) is 2.57. The molecule has 2 aliphatic carbocycles. The van der Waals surface area contributed by atoms with Crippen LogP contribution in [-0.2, 0) is 4.79 Å². The van der Waals surface area contributed by atoms with Crippen LogP contribution >= 0.6 is 0 Å². The zero-order valence-corrected chi connectivity index (χ0v) is 16.3. The van der Waals surface area contributed by atoms with Gasteiger partial charge in [0.25, 0.3) is 0 Å². The monoisotopic (exact) mass is 357 g/mol. The Morgan fingerprint density at radius 1 is 1.23 bits per heavy atom. The van der Waals surface area contributed by atoms with Gasteiger partial charge in [0.05, 0.1) is 12.7 Å². The molecular formula is C22H31NO3. The van der Waals surface area contributed by atoms with Gasteiger partial charge in [0.1, 0.15) is 5.75 Å². The Hall–Kier alpha value is -1.55. The molecule has 0 atom stereocenters. The highest BCUT2D eigenvalue weighted by Gasteiger charge is 2.51. The number of hydrogen-bond donors (Lipinski definition) is 1. The molecule has 1 aliphatic heterocycles. The van der Waals surface area contributed by atoms with E-state index in [-0.39, 0.29) is 11.8 Å². The minimum atomic E-state index is -0.616. The van der Waals surface area contributed by atoms with Gasteiger partial charge < -0.3 is 14.7 Å². The molecule has 2 saturated carbocycles. The van der Waals surface area contributed by atoms with Gasteiger partial charge in [0.2, 0.25) is 5.91 Å². The van der Waals surface area contributed by atoms with Gasteiger partial charge in [-0.2, -0.15) is 0 Å². The van der Waals surface area contributed by atoms with Crippen molar-refractivity contribution in [2.45, 2.75) is 63.9 Å². The van der Waals surface area contributed by atoms with Crippen LogP contribution in [0.5, 0.6) is 5.75 Å². The lowest BCUT2D eigenvalue weighted by atomic mass is 9.63. The lowest BCUT2D eigenvalue weighted by Crippen LogP contribution is -2.62. The van der Waals surface area contributed by atoms with Crippen LogP contribution in [0.3, 0.4) is 0 Å². The molecule has 1 heterocycles. The van der Waals surface area contributed by atoms with Crippen molar-refractivity contribution in [3.8, 4) is 5.75 Å². The van der Waals surface area contributed by atoms with Gasteiger partial charge in [-0.25, -0.2) is 0 Å². The summed E-state index contributed by atoms with van der Waals surface area (Å²) in [5.74, 6) is 1.92. The number of benzene rings is 1. The van der Waals surface area contributed by atoms with Crippen LogP contribution < -0.4 is 4.74 Å². The van der Waals surface area contributed by atoms with E-state index in [4.69, 9.17) is 4.74 Å². The number of carbonyl (C=O) groups excluding carboxylic acids is 1. The number of ether oxygens (including phenoxy) is 1. The number of carbonyl (C=O) groups is 1. The first kappa shape index (κ1) is 17.8. The van der Waals surface area contributed by atoms with E-state index in [0.29, 0.717) is 24.2 Å². The predicted molar refractivity (Wildman–Crippen MR) is 101 cm³/mol. The predicted octanol–water partition coefficient (Wildman–Crippen LogP) is 3.65. The molecular weight excluding hydrogens is 326 g/mol. The molecule has 26 heavy (non-hydrogen) atoms. The molecule has 4 rings (SSSR count). The normalized spacial score (nSPS) is 30.6. The van der Waals surface area contributed by atoms with Crippen molar-refractivity contribution in [1.29, 1.82) is 0 Å². The first-order chi connectivity index (χ1) is 12.3. The average molecular weight is 357 g/mol. The standard InChI is InChI=1S/C22H31NO3/c1-15-18(5-4-6-19(15)26-3)16-7-9-22(10-8-16)13-23(14-22)20(24)17-11-21(2,25)12-17/h4-6,16-17,25H,7-14H2,1-3H3/t17-,21+. The summed E-state index contributed by atoms with van der Waals surface area (Å²) in [6.07, 6.45) is 6.09. The minimum Gasteiger partial charge on any atom is -0.496 e. The van der Waals surface area contributed by atoms with E-state index in [1.807, 2.05) is 17.9 Å². The van der Waals surface area contributed by atoms with Crippen LogP contribution in [0.4, 0.5) is 0 Å². The number of aliphatic hydroxyl groups is 1. The Morgan fingerprint density at radius 3 is 2.46 bits per heavy atom. The summed E-state index contributed by atoms with van der Waals surface area (Å²) in [6.45, 7) is 5.84. The second-order valence-electron chi connectivity index (χ2n) is 9.25. The molecule has 1 saturated heterocycles. The third-order valence-electron chi connectivity index (χ3n) is 7.12. The fraction of sp³-hybridized carbons (Fsp3) is 0.682. The summed E-state index contributed by atoms with van der Waals surface area (Å²) in [5.41, 5.74) is 2.45. The van der Waals surface area contributed by atoms with Gasteiger partial charge in [0, 0.05) is 24.4 Å². The maximum atomic E-state index is 12.5. The molecule has 4 heteroatoms. The number of amides is 1. The van der Waals surface area contributed by atoms with Crippen LogP contribution in [-0.4, -0.2) is 41.7 Å². The van der Waals surface area contributed by atoms with Crippen LogP contribution in [0, 0.1) is 18.3 Å².